The Hall–Kier alpha value is -2.67. The summed E-state index contributed by atoms with van der Waals surface area (Å²) in [4.78, 5) is 7.30. The maximum atomic E-state index is 6.46. The molecule has 0 amide bonds. The van der Waals surface area contributed by atoms with Crippen molar-refractivity contribution in [2.24, 2.45) is 0 Å². The van der Waals surface area contributed by atoms with E-state index in [2.05, 4.69) is 67.7 Å². The van der Waals surface area contributed by atoms with Crippen LogP contribution in [-0.2, 0) is 0 Å². The lowest BCUT2D eigenvalue weighted by atomic mass is 10.0. The van der Waals surface area contributed by atoms with E-state index >= 15 is 0 Å². The Morgan fingerprint density at radius 2 is 1.82 bits per heavy atom. The van der Waals surface area contributed by atoms with Crippen LogP contribution in [0.3, 0.4) is 0 Å². The third-order valence-electron chi connectivity index (χ3n) is 5.99. The number of aromatic nitrogens is 3. The van der Waals surface area contributed by atoms with Gasteiger partial charge in [0.25, 0.3) is 0 Å². The Morgan fingerprint density at radius 3 is 2.61 bits per heavy atom. The van der Waals surface area contributed by atoms with E-state index in [1.54, 1.807) is 6.20 Å². The maximum Gasteiger partial charge on any atom is 0.172 e. The third kappa shape index (κ3) is 5.13. The molecule has 0 saturated carbocycles. The van der Waals surface area contributed by atoms with Gasteiger partial charge in [-0.15, -0.1) is 0 Å². The molecule has 1 fully saturated rings. The Bertz CT molecular complexity index is 1260. The summed E-state index contributed by atoms with van der Waals surface area (Å²) in [6, 6.07) is 20.7. The summed E-state index contributed by atoms with van der Waals surface area (Å²) < 4.78 is 2.72. The molecule has 4 aromatic rings. The van der Waals surface area contributed by atoms with Crippen LogP contribution in [0.4, 0.5) is 5.82 Å². The van der Waals surface area contributed by atoms with Gasteiger partial charge in [-0.05, 0) is 40.4 Å². The molecule has 1 aliphatic rings. The molecule has 1 aliphatic heterocycles. The smallest absolute Gasteiger partial charge is 0.172 e. The molecule has 5 nitrogen and oxygen atoms in total. The van der Waals surface area contributed by atoms with Crippen molar-refractivity contribution in [1.29, 1.82) is 0 Å². The molecule has 0 spiro atoms. The topological polar surface area (TPSA) is 45.5 Å². The van der Waals surface area contributed by atoms with Crippen molar-refractivity contribution >= 4 is 45.1 Å². The van der Waals surface area contributed by atoms with Crippen LogP contribution in [-0.4, -0.2) is 45.2 Å². The van der Waals surface area contributed by atoms with Crippen LogP contribution >= 0.6 is 27.5 Å². The second-order valence-electron chi connectivity index (χ2n) is 8.27. The van der Waals surface area contributed by atoms with Gasteiger partial charge in [0.15, 0.2) is 5.65 Å². The highest BCUT2D eigenvalue weighted by atomic mass is 79.9. The van der Waals surface area contributed by atoms with Crippen LogP contribution in [0.15, 0.2) is 77.4 Å². The van der Waals surface area contributed by atoms with E-state index in [0.29, 0.717) is 11.1 Å². The molecular weight excluding hydrogens is 498 g/mol. The van der Waals surface area contributed by atoms with Crippen molar-refractivity contribution in [2.45, 2.75) is 18.9 Å². The maximum absolute atomic E-state index is 6.46. The number of anilines is 1. The van der Waals surface area contributed by atoms with Crippen molar-refractivity contribution in [3.05, 3.63) is 88.0 Å². The highest BCUT2D eigenvalue weighted by molar-refractivity contribution is 9.10. The molecule has 5 rings (SSSR count). The first kappa shape index (κ1) is 22.1. The van der Waals surface area contributed by atoms with Crippen LogP contribution in [0.25, 0.3) is 23.0 Å². The molecule has 3 heterocycles. The third-order valence-corrected chi connectivity index (χ3v) is 6.88. The van der Waals surface area contributed by atoms with E-state index in [-0.39, 0.29) is 0 Å². The molecule has 0 radical (unpaired) electrons. The molecule has 0 atom stereocenters. The van der Waals surface area contributed by atoms with Gasteiger partial charge in [-0.1, -0.05) is 72.3 Å². The van der Waals surface area contributed by atoms with Crippen LogP contribution in [0.2, 0.25) is 5.02 Å². The first-order chi connectivity index (χ1) is 16.2. The molecule has 1 saturated heterocycles. The average molecular weight is 523 g/mol. The van der Waals surface area contributed by atoms with Gasteiger partial charge in [0.1, 0.15) is 5.82 Å². The van der Waals surface area contributed by atoms with Gasteiger partial charge in [-0.2, -0.15) is 9.61 Å². The number of benzene rings is 2. The van der Waals surface area contributed by atoms with Crippen molar-refractivity contribution < 1.29 is 0 Å². The number of nitrogens with zero attached hydrogens (tertiary/aromatic N) is 4. The lowest BCUT2D eigenvalue weighted by molar-refractivity contribution is 0.240. The van der Waals surface area contributed by atoms with Gasteiger partial charge >= 0.3 is 0 Å². The summed E-state index contributed by atoms with van der Waals surface area (Å²) in [5, 5.41) is 8.93. The fourth-order valence-electron chi connectivity index (χ4n) is 4.22. The van der Waals surface area contributed by atoms with Gasteiger partial charge in [0, 0.05) is 42.3 Å². The van der Waals surface area contributed by atoms with Crippen LogP contribution in [0, 0.1) is 0 Å². The standard InChI is InChI=1S/C26H25BrClN5/c27-22-18-29-33-25(17-24(31-26(22)33)21-10-4-5-11-23(21)28)30-20-12-15-32(16-13-20)14-6-9-19-7-2-1-3-8-19/h1-11,17-18,20,30H,12-16H2. The monoisotopic (exact) mass is 521 g/mol. The van der Waals surface area contributed by atoms with E-state index < -0.39 is 0 Å². The van der Waals surface area contributed by atoms with Crippen molar-refractivity contribution in [3.63, 3.8) is 0 Å². The summed E-state index contributed by atoms with van der Waals surface area (Å²) in [6.07, 6.45) is 8.39. The molecule has 0 bridgehead atoms. The second kappa shape index (κ2) is 10.1. The lowest BCUT2D eigenvalue weighted by Gasteiger charge is -2.32. The van der Waals surface area contributed by atoms with Crippen LogP contribution < -0.4 is 5.32 Å². The van der Waals surface area contributed by atoms with E-state index in [1.807, 2.05) is 40.9 Å². The molecule has 0 unspecified atom stereocenters. The lowest BCUT2D eigenvalue weighted by Crippen LogP contribution is -2.39. The van der Waals surface area contributed by atoms with E-state index in [9.17, 15) is 0 Å². The number of halogens is 2. The summed E-state index contributed by atoms with van der Waals surface area (Å²) in [7, 11) is 0. The van der Waals surface area contributed by atoms with Crippen LogP contribution in [0.5, 0.6) is 0 Å². The minimum Gasteiger partial charge on any atom is -0.367 e. The molecular formula is C26H25BrClN5. The van der Waals surface area contributed by atoms with E-state index in [0.717, 1.165) is 59.7 Å². The van der Waals surface area contributed by atoms with Crippen molar-refractivity contribution in [1.82, 2.24) is 19.5 Å². The fraction of sp³-hybridized carbons (Fsp3) is 0.231. The van der Waals surface area contributed by atoms with Crippen molar-refractivity contribution in [2.75, 3.05) is 25.0 Å². The molecule has 168 valence electrons. The van der Waals surface area contributed by atoms with Crippen LogP contribution in [0.1, 0.15) is 18.4 Å². The van der Waals surface area contributed by atoms with E-state index in [4.69, 9.17) is 16.6 Å². The minimum atomic E-state index is 0.382. The Balaban J connectivity index is 1.28. The number of fused-ring (bicyclic) bond motifs is 1. The molecule has 33 heavy (non-hydrogen) atoms. The molecule has 2 aromatic heterocycles. The Labute approximate surface area is 207 Å². The molecule has 2 aromatic carbocycles. The summed E-state index contributed by atoms with van der Waals surface area (Å²) in [5.41, 5.74) is 3.77. The number of likely N-dealkylation sites (tertiary alicyclic amines) is 1. The zero-order chi connectivity index (χ0) is 22.6. The zero-order valence-corrected chi connectivity index (χ0v) is 20.5. The van der Waals surface area contributed by atoms with Gasteiger partial charge in [0.05, 0.1) is 16.4 Å². The first-order valence-electron chi connectivity index (χ1n) is 11.2. The summed E-state index contributed by atoms with van der Waals surface area (Å²) >= 11 is 10.0. The predicted octanol–water partition coefficient (Wildman–Crippen LogP) is 6.40. The predicted molar refractivity (Wildman–Crippen MR) is 140 cm³/mol. The van der Waals surface area contributed by atoms with Gasteiger partial charge in [-0.3, -0.25) is 4.90 Å². The number of hydrogen-bond donors (Lipinski definition) is 1. The normalized spacial score (nSPS) is 15.5. The SMILES string of the molecule is Clc1ccccc1-c1cc(NC2CCN(CC=Cc3ccccc3)CC2)n2ncc(Br)c2n1. The van der Waals surface area contributed by atoms with Gasteiger partial charge < -0.3 is 5.32 Å². The average Bonchev–Trinajstić information content (AvgIpc) is 3.22. The summed E-state index contributed by atoms with van der Waals surface area (Å²) in [6.45, 7) is 3.10. The molecule has 7 heteroatoms. The highest BCUT2D eigenvalue weighted by Gasteiger charge is 2.20. The van der Waals surface area contributed by atoms with Gasteiger partial charge in [0.2, 0.25) is 0 Å². The number of hydrogen-bond acceptors (Lipinski definition) is 4. The quantitative estimate of drug-likeness (QED) is 0.318. The number of nitrogens with one attached hydrogen (secondary N) is 1. The van der Waals surface area contributed by atoms with Crippen molar-refractivity contribution in [3.8, 4) is 11.3 Å². The van der Waals surface area contributed by atoms with Gasteiger partial charge in [-0.25, -0.2) is 4.98 Å². The van der Waals surface area contributed by atoms with E-state index in [1.165, 1.54) is 5.56 Å². The molecule has 0 aliphatic carbocycles. The summed E-state index contributed by atoms with van der Waals surface area (Å²) in [5.74, 6) is 0.933. The minimum absolute atomic E-state index is 0.382. The number of rotatable bonds is 6. The second-order valence-corrected chi connectivity index (χ2v) is 9.53. The highest BCUT2D eigenvalue weighted by Crippen LogP contribution is 2.31. The molecule has 1 N–H and O–H groups in total. The zero-order valence-electron chi connectivity index (χ0n) is 18.2. The largest absolute Gasteiger partial charge is 0.367 e. The Kier molecular flexibility index (Phi) is 6.76. The first-order valence-corrected chi connectivity index (χ1v) is 12.3. The fourth-order valence-corrected chi connectivity index (χ4v) is 4.80. The Morgan fingerprint density at radius 1 is 1.06 bits per heavy atom. The number of piperidine rings is 1.